The van der Waals surface area contributed by atoms with Gasteiger partial charge in [0.05, 0.1) is 17.0 Å². The molecule has 0 aliphatic carbocycles. The number of aromatic nitrogens is 3. The lowest BCUT2D eigenvalue weighted by Crippen LogP contribution is -2.53. The number of carbonyl (C=O) groups is 1. The maximum Gasteiger partial charge on any atom is 0.253 e. The predicted octanol–water partition coefficient (Wildman–Crippen LogP) is 2.92. The van der Waals surface area contributed by atoms with Gasteiger partial charge in [-0.25, -0.2) is 9.97 Å². The first-order valence-corrected chi connectivity index (χ1v) is 11.4. The van der Waals surface area contributed by atoms with E-state index < -0.39 is 0 Å². The topological polar surface area (TPSA) is 113 Å². The van der Waals surface area contributed by atoms with Gasteiger partial charge >= 0.3 is 0 Å². The van der Waals surface area contributed by atoms with Crippen molar-refractivity contribution in [3.63, 3.8) is 0 Å². The Hall–Kier alpha value is -3.49. The van der Waals surface area contributed by atoms with Crippen LogP contribution < -0.4 is 11.1 Å². The van der Waals surface area contributed by atoms with E-state index in [1.54, 1.807) is 6.20 Å². The first kappa shape index (κ1) is 20.1. The number of fused-ring (bicyclic) bond motifs is 3. The number of nitrogens with one attached hydrogen (secondary N) is 2. The van der Waals surface area contributed by atoms with Crippen LogP contribution in [0, 0.1) is 0 Å². The van der Waals surface area contributed by atoms with E-state index in [1.807, 2.05) is 42.5 Å². The predicted molar refractivity (Wildman–Crippen MR) is 126 cm³/mol. The van der Waals surface area contributed by atoms with Gasteiger partial charge in [-0.2, -0.15) is 0 Å². The largest absolute Gasteiger partial charge is 0.453 e. The second-order valence-electron chi connectivity index (χ2n) is 8.98. The molecule has 0 radical (unpaired) electrons. The molecule has 5 heterocycles. The molecule has 8 nitrogen and oxygen atoms in total. The molecule has 4 aromatic rings. The Labute approximate surface area is 191 Å². The van der Waals surface area contributed by atoms with Gasteiger partial charge in [-0.05, 0) is 50.2 Å². The van der Waals surface area contributed by atoms with Crippen molar-refractivity contribution in [2.75, 3.05) is 32.7 Å². The van der Waals surface area contributed by atoms with Gasteiger partial charge in [0, 0.05) is 42.3 Å². The van der Waals surface area contributed by atoms with E-state index in [-0.39, 0.29) is 11.3 Å². The first-order chi connectivity index (χ1) is 16.1. The molecule has 3 aromatic heterocycles. The molecule has 0 saturated carbocycles. The highest BCUT2D eigenvalue weighted by Gasteiger charge is 2.43. The molecule has 1 aromatic carbocycles. The molecular weight excluding hydrogens is 416 g/mol. The molecule has 8 heteroatoms. The van der Waals surface area contributed by atoms with E-state index >= 15 is 0 Å². The fourth-order valence-electron chi connectivity index (χ4n) is 5.16. The van der Waals surface area contributed by atoms with Crippen molar-refractivity contribution in [3.05, 3.63) is 59.9 Å². The van der Waals surface area contributed by atoms with Crippen LogP contribution in [0.5, 0.6) is 0 Å². The fraction of sp³-hybridized carbons (Fsp3) is 0.320. The van der Waals surface area contributed by atoms with E-state index in [0.717, 1.165) is 60.5 Å². The van der Waals surface area contributed by atoms with Gasteiger partial charge in [0.2, 0.25) is 0 Å². The van der Waals surface area contributed by atoms with Crippen LogP contribution in [-0.2, 0) is 5.41 Å². The number of hydrogen-bond acceptors (Lipinski definition) is 6. The van der Waals surface area contributed by atoms with Gasteiger partial charge in [-0.15, -0.1) is 0 Å². The number of likely N-dealkylation sites (tertiary alicyclic amines) is 1. The lowest BCUT2D eigenvalue weighted by molar-refractivity contribution is 0.0884. The Kier molecular flexibility index (Phi) is 4.78. The number of para-hydroxylation sites is 1. The van der Waals surface area contributed by atoms with E-state index in [1.165, 1.54) is 0 Å². The molecule has 6 rings (SSSR count). The number of nitrogens with zero attached hydrogens (tertiary/aromatic N) is 3. The summed E-state index contributed by atoms with van der Waals surface area (Å²) in [7, 11) is 0. The average molecular weight is 443 g/mol. The second-order valence-corrected chi connectivity index (χ2v) is 8.98. The number of hydrogen-bond donors (Lipinski definition) is 3. The van der Waals surface area contributed by atoms with Gasteiger partial charge in [0.25, 0.3) is 5.91 Å². The van der Waals surface area contributed by atoms with Crippen LogP contribution in [0.3, 0.4) is 0 Å². The van der Waals surface area contributed by atoms with Crippen molar-refractivity contribution in [1.82, 2.24) is 25.2 Å². The number of benzene rings is 1. The van der Waals surface area contributed by atoms with Crippen LogP contribution in [-0.4, -0.2) is 58.5 Å². The molecular formula is C25H26N6O2. The summed E-state index contributed by atoms with van der Waals surface area (Å²) in [6.07, 6.45) is 3.69. The number of furan rings is 1. The van der Waals surface area contributed by atoms with Gasteiger partial charge in [0.1, 0.15) is 5.58 Å². The van der Waals surface area contributed by atoms with Crippen molar-refractivity contribution in [1.29, 1.82) is 0 Å². The molecule has 33 heavy (non-hydrogen) atoms. The van der Waals surface area contributed by atoms with Crippen LogP contribution in [0.1, 0.15) is 28.9 Å². The van der Waals surface area contributed by atoms with Crippen LogP contribution >= 0.6 is 0 Å². The monoisotopic (exact) mass is 442 g/mol. The molecule has 4 N–H and O–H groups in total. The number of aromatic amines is 1. The molecule has 168 valence electrons. The average Bonchev–Trinajstić information content (AvgIpc) is 3.49. The summed E-state index contributed by atoms with van der Waals surface area (Å²) in [5.41, 5.74) is 9.76. The van der Waals surface area contributed by atoms with Crippen molar-refractivity contribution in [3.8, 4) is 23.0 Å². The summed E-state index contributed by atoms with van der Waals surface area (Å²) in [6, 6.07) is 13.6. The highest BCUT2D eigenvalue weighted by molar-refractivity contribution is 5.98. The van der Waals surface area contributed by atoms with Gasteiger partial charge < -0.3 is 25.4 Å². The smallest absolute Gasteiger partial charge is 0.253 e. The Morgan fingerprint density at radius 1 is 1.15 bits per heavy atom. The SMILES string of the molecule is NCCN1CCC2(CC1)CNC(=O)c1cc(-c3ccnc(-c4cc5ccccc5o4)n3)[nH]c12. The molecule has 2 aliphatic heterocycles. The van der Waals surface area contributed by atoms with Crippen molar-refractivity contribution in [2.24, 2.45) is 5.73 Å². The number of piperidine rings is 1. The third-order valence-electron chi connectivity index (χ3n) is 7.02. The summed E-state index contributed by atoms with van der Waals surface area (Å²) in [4.78, 5) is 27.9. The van der Waals surface area contributed by atoms with Gasteiger partial charge in [0.15, 0.2) is 11.6 Å². The normalized spacial score (nSPS) is 17.9. The molecule has 1 spiro atoms. The zero-order valence-electron chi connectivity index (χ0n) is 18.3. The summed E-state index contributed by atoms with van der Waals surface area (Å²) < 4.78 is 5.95. The van der Waals surface area contributed by atoms with Crippen LogP contribution in [0.2, 0.25) is 0 Å². The lowest BCUT2D eigenvalue weighted by atomic mass is 9.72. The van der Waals surface area contributed by atoms with Gasteiger partial charge in [-0.1, -0.05) is 18.2 Å². The fourth-order valence-corrected chi connectivity index (χ4v) is 5.16. The summed E-state index contributed by atoms with van der Waals surface area (Å²) in [6.45, 7) is 4.19. The van der Waals surface area contributed by atoms with E-state index in [9.17, 15) is 4.79 Å². The van der Waals surface area contributed by atoms with Crippen LogP contribution in [0.25, 0.3) is 33.9 Å². The minimum Gasteiger partial charge on any atom is -0.453 e. The number of H-pyrrole nitrogens is 1. The third-order valence-corrected chi connectivity index (χ3v) is 7.02. The second kappa shape index (κ2) is 7.83. The molecule has 0 atom stereocenters. The van der Waals surface area contributed by atoms with E-state index in [4.69, 9.17) is 15.1 Å². The third kappa shape index (κ3) is 3.42. The Balaban J connectivity index is 1.35. The van der Waals surface area contributed by atoms with Gasteiger partial charge in [-0.3, -0.25) is 4.79 Å². The highest BCUT2D eigenvalue weighted by Crippen LogP contribution is 2.40. The van der Waals surface area contributed by atoms with Crippen LogP contribution in [0.4, 0.5) is 0 Å². The minimum atomic E-state index is -0.0822. The molecule has 1 saturated heterocycles. The zero-order valence-corrected chi connectivity index (χ0v) is 18.3. The number of rotatable bonds is 4. The summed E-state index contributed by atoms with van der Waals surface area (Å²) >= 11 is 0. The minimum absolute atomic E-state index is 0.0333. The Bertz CT molecular complexity index is 1300. The highest BCUT2D eigenvalue weighted by atomic mass is 16.3. The summed E-state index contributed by atoms with van der Waals surface area (Å²) in [5, 5.41) is 4.12. The van der Waals surface area contributed by atoms with Crippen molar-refractivity contribution < 1.29 is 9.21 Å². The summed E-state index contributed by atoms with van der Waals surface area (Å²) in [5.74, 6) is 1.11. The van der Waals surface area contributed by atoms with E-state index in [2.05, 4.69) is 20.2 Å². The van der Waals surface area contributed by atoms with Crippen molar-refractivity contribution in [2.45, 2.75) is 18.3 Å². The zero-order chi connectivity index (χ0) is 22.4. The molecule has 0 unspecified atom stereocenters. The number of nitrogens with two attached hydrogens (primary N) is 1. The van der Waals surface area contributed by atoms with Crippen molar-refractivity contribution >= 4 is 16.9 Å². The maximum atomic E-state index is 12.7. The number of carbonyl (C=O) groups excluding carboxylic acids is 1. The Morgan fingerprint density at radius 2 is 2.00 bits per heavy atom. The molecule has 1 fully saturated rings. The van der Waals surface area contributed by atoms with E-state index in [0.29, 0.717) is 30.2 Å². The molecule has 1 amide bonds. The maximum absolute atomic E-state index is 12.7. The molecule has 2 aliphatic rings. The lowest BCUT2D eigenvalue weighted by Gasteiger charge is -2.43. The standard InChI is InChI=1S/C25H26N6O2/c26-8-12-31-10-6-25(7-11-31)15-28-24(32)17-14-19(29-22(17)25)18-5-9-27-23(30-18)21-13-16-3-1-2-4-20(16)33-21/h1-5,9,13-14,29H,6-8,10-12,15,26H2,(H,28,32). The quantitative estimate of drug-likeness (QED) is 0.448. The Morgan fingerprint density at radius 3 is 2.82 bits per heavy atom. The first-order valence-electron chi connectivity index (χ1n) is 11.4. The molecule has 0 bridgehead atoms. The van der Waals surface area contributed by atoms with Crippen LogP contribution in [0.15, 0.2) is 53.1 Å². The number of amides is 1.